The third-order valence-electron chi connectivity index (χ3n) is 3.15. The normalized spacial score (nSPS) is 10.2. The highest BCUT2D eigenvalue weighted by Crippen LogP contribution is 2.33. The summed E-state index contributed by atoms with van der Waals surface area (Å²) in [5.74, 6) is -0.345. The maximum Gasteiger partial charge on any atom is 0.348 e. The van der Waals surface area contributed by atoms with E-state index in [-0.39, 0.29) is 18.3 Å². The molecule has 0 unspecified atom stereocenters. The van der Waals surface area contributed by atoms with Crippen molar-refractivity contribution in [2.75, 3.05) is 11.9 Å². The van der Waals surface area contributed by atoms with Gasteiger partial charge in [0.1, 0.15) is 21.7 Å². The zero-order valence-electron chi connectivity index (χ0n) is 14.2. The van der Waals surface area contributed by atoms with E-state index in [2.05, 4.69) is 5.32 Å². The minimum atomic E-state index is -0.505. The van der Waals surface area contributed by atoms with Crippen LogP contribution in [0.5, 0.6) is 5.75 Å². The van der Waals surface area contributed by atoms with Crippen molar-refractivity contribution in [3.8, 4) is 11.8 Å². The highest BCUT2D eigenvalue weighted by atomic mass is 32.1. The van der Waals surface area contributed by atoms with E-state index in [0.717, 1.165) is 11.3 Å². The summed E-state index contributed by atoms with van der Waals surface area (Å²) in [5, 5.41) is 12.3. The topological polar surface area (TPSA) is 88.4 Å². The largest absolute Gasteiger partial charge is 0.484 e. The van der Waals surface area contributed by atoms with E-state index in [0.29, 0.717) is 21.2 Å². The maximum atomic E-state index is 12.1. The summed E-state index contributed by atoms with van der Waals surface area (Å²) < 4.78 is 10.5. The molecule has 0 bridgehead atoms. The Hall–Kier alpha value is -2.85. The Balaban J connectivity index is 2.09. The lowest BCUT2D eigenvalue weighted by molar-refractivity contribution is -0.118. The lowest BCUT2D eigenvalue weighted by atomic mass is 10.2. The summed E-state index contributed by atoms with van der Waals surface area (Å²) in [4.78, 5) is 24.5. The van der Waals surface area contributed by atoms with E-state index in [9.17, 15) is 14.9 Å². The van der Waals surface area contributed by atoms with E-state index in [4.69, 9.17) is 9.47 Å². The van der Waals surface area contributed by atoms with Crippen LogP contribution in [0.1, 0.15) is 34.6 Å². The fraction of sp³-hybridized carbons (Fsp3) is 0.278. The number of rotatable bonds is 6. The lowest BCUT2D eigenvalue weighted by Gasteiger charge is -2.06. The highest BCUT2D eigenvalue weighted by Gasteiger charge is 2.23. The van der Waals surface area contributed by atoms with Crippen molar-refractivity contribution in [1.82, 2.24) is 0 Å². The van der Waals surface area contributed by atoms with Gasteiger partial charge in [0.05, 0.1) is 11.7 Å². The Morgan fingerprint density at radius 2 is 1.96 bits per heavy atom. The van der Waals surface area contributed by atoms with Crippen molar-refractivity contribution < 1.29 is 19.1 Å². The number of esters is 1. The van der Waals surface area contributed by atoms with Gasteiger partial charge >= 0.3 is 5.97 Å². The van der Waals surface area contributed by atoms with Crippen molar-refractivity contribution in [1.29, 1.82) is 5.26 Å². The van der Waals surface area contributed by atoms with Gasteiger partial charge < -0.3 is 14.8 Å². The van der Waals surface area contributed by atoms with Crippen molar-refractivity contribution >= 4 is 28.2 Å². The fourth-order valence-corrected chi connectivity index (χ4v) is 3.08. The summed E-state index contributed by atoms with van der Waals surface area (Å²) in [6.45, 7) is 4.95. The fourth-order valence-electron chi connectivity index (χ4n) is 2.03. The summed E-state index contributed by atoms with van der Waals surface area (Å²) in [5.41, 5.74) is 0.756. The molecule has 1 aromatic carbocycles. The standard InChI is InChI=1S/C18H18N2O4S/c1-11(2)24-18(22)16-12(3)14(9-19)17(25-16)20-15(21)10-23-13-7-5-4-6-8-13/h4-8,11H,10H2,1-3H3,(H,20,21). The minimum absolute atomic E-state index is 0.197. The molecule has 1 amide bonds. The molecule has 1 aromatic heterocycles. The Kier molecular flexibility index (Phi) is 6.14. The van der Waals surface area contributed by atoms with Gasteiger partial charge in [-0.2, -0.15) is 5.26 Å². The molecule has 0 atom stereocenters. The van der Waals surface area contributed by atoms with Gasteiger partial charge in [0.15, 0.2) is 6.61 Å². The molecule has 0 spiro atoms. The number of nitriles is 1. The molecule has 2 rings (SSSR count). The Morgan fingerprint density at radius 1 is 1.28 bits per heavy atom. The van der Waals surface area contributed by atoms with Gasteiger partial charge in [-0.3, -0.25) is 4.79 Å². The van der Waals surface area contributed by atoms with E-state index in [1.807, 2.05) is 12.1 Å². The van der Waals surface area contributed by atoms with E-state index < -0.39 is 11.9 Å². The Bertz CT molecular complexity index is 806. The quantitative estimate of drug-likeness (QED) is 0.798. The highest BCUT2D eigenvalue weighted by molar-refractivity contribution is 7.18. The van der Waals surface area contributed by atoms with Crippen LogP contribution in [0.25, 0.3) is 0 Å². The average Bonchev–Trinajstić information content (AvgIpc) is 2.89. The molecule has 6 nitrogen and oxygen atoms in total. The number of carbonyl (C=O) groups is 2. The van der Waals surface area contributed by atoms with Crippen LogP contribution in [0.2, 0.25) is 0 Å². The number of anilines is 1. The minimum Gasteiger partial charge on any atom is -0.484 e. The first-order valence-electron chi connectivity index (χ1n) is 7.64. The summed E-state index contributed by atoms with van der Waals surface area (Å²) in [6.07, 6.45) is -0.267. The second-order valence-electron chi connectivity index (χ2n) is 5.48. The molecule has 0 fully saturated rings. The molecule has 130 valence electrons. The molecule has 0 aliphatic carbocycles. The van der Waals surface area contributed by atoms with Gasteiger partial charge in [0.25, 0.3) is 5.91 Å². The predicted molar refractivity (Wildman–Crippen MR) is 94.9 cm³/mol. The van der Waals surface area contributed by atoms with Gasteiger partial charge in [-0.1, -0.05) is 18.2 Å². The summed E-state index contributed by atoms with van der Waals surface area (Å²) >= 11 is 1.03. The molecular weight excluding hydrogens is 340 g/mol. The third kappa shape index (κ3) is 4.81. The molecule has 0 aliphatic rings. The number of hydrogen-bond acceptors (Lipinski definition) is 6. The second-order valence-corrected chi connectivity index (χ2v) is 6.50. The number of amides is 1. The van der Waals surface area contributed by atoms with E-state index in [1.54, 1.807) is 45.0 Å². The van der Waals surface area contributed by atoms with Gasteiger partial charge in [-0.15, -0.1) is 11.3 Å². The smallest absolute Gasteiger partial charge is 0.348 e. The molecule has 1 N–H and O–H groups in total. The molecule has 0 saturated heterocycles. The number of hydrogen-bond donors (Lipinski definition) is 1. The zero-order chi connectivity index (χ0) is 18.4. The molecule has 25 heavy (non-hydrogen) atoms. The van der Waals surface area contributed by atoms with Crippen LogP contribution in [-0.2, 0) is 9.53 Å². The number of nitrogens with one attached hydrogen (secondary N) is 1. The molecular formula is C18H18N2O4S. The van der Waals surface area contributed by atoms with Crippen molar-refractivity contribution in [2.24, 2.45) is 0 Å². The van der Waals surface area contributed by atoms with E-state index in [1.165, 1.54) is 0 Å². The van der Waals surface area contributed by atoms with Gasteiger partial charge in [-0.05, 0) is 38.5 Å². The van der Waals surface area contributed by atoms with Crippen LogP contribution < -0.4 is 10.1 Å². The molecule has 2 aromatic rings. The van der Waals surface area contributed by atoms with Crippen LogP contribution >= 0.6 is 11.3 Å². The van der Waals surface area contributed by atoms with Gasteiger partial charge in [0, 0.05) is 0 Å². The van der Waals surface area contributed by atoms with Crippen LogP contribution in [0, 0.1) is 18.3 Å². The first-order valence-corrected chi connectivity index (χ1v) is 8.46. The molecule has 7 heteroatoms. The van der Waals surface area contributed by atoms with Crippen molar-refractivity contribution in [3.05, 3.63) is 46.3 Å². The Labute approximate surface area is 150 Å². The van der Waals surface area contributed by atoms with Gasteiger partial charge in [0.2, 0.25) is 0 Å². The Morgan fingerprint density at radius 3 is 2.56 bits per heavy atom. The number of thiophene rings is 1. The van der Waals surface area contributed by atoms with Crippen LogP contribution in [0.15, 0.2) is 30.3 Å². The maximum absolute atomic E-state index is 12.1. The number of carbonyl (C=O) groups excluding carboxylic acids is 2. The third-order valence-corrected chi connectivity index (χ3v) is 4.34. The predicted octanol–water partition coefficient (Wildman–Crippen LogP) is 3.51. The average molecular weight is 358 g/mol. The molecule has 0 aliphatic heterocycles. The van der Waals surface area contributed by atoms with Gasteiger partial charge in [-0.25, -0.2) is 4.79 Å². The lowest BCUT2D eigenvalue weighted by Crippen LogP contribution is -2.20. The van der Waals surface area contributed by atoms with Crippen LogP contribution in [-0.4, -0.2) is 24.6 Å². The van der Waals surface area contributed by atoms with Crippen LogP contribution in [0.4, 0.5) is 5.00 Å². The molecule has 0 radical (unpaired) electrons. The molecule has 1 heterocycles. The van der Waals surface area contributed by atoms with Crippen molar-refractivity contribution in [3.63, 3.8) is 0 Å². The first kappa shape index (κ1) is 18.5. The first-order chi connectivity index (χ1) is 11.9. The summed E-state index contributed by atoms with van der Waals surface area (Å²) in [6, 6.07) is 10.9. The van der Waals surface area contributed by atoms with Crippen LogP contribution in [0.3, 0.4) is 0 Å². The number of nitrogens with zero attached hydrogens (tertiary/aromatic N) is 1. The number of ether oxygens (including phenoxy) is 2. The summed E-state index contributed by atoms with van der Waals surface area (Å²) in [7, 11) is 0. The monoisotopic (exact) mass is 358 g/mol. The number of benzene rings is 1. The zero-order valence-corrected chi connectivity index (χ0v) is 15.0. The van der Waals surface area contributed by atoms with E-state index >= 15 is 0 Å². The second kappa shape index (κ2) is 8.31. The number of para-hydroxylation sites is 1. The SMILES string of the molecule is Cc1c(C(=O)OC(C)C)sc(NC(=O)COc2ccccc2)c1C#N. The van der Waals surface area contributed by atoms with Crippen molar-refractivity contribution in [2.45, 2.75) is 26.9 Å². The molecule has 0 saturated carbocycles.